The average molecular weight is 396 g/mol. The van der Waals surface area contributed by atoms with Gasteiger partial charge in [-0.3, -0.25) is 0 Å². The smallest absolute Gasteiger partial charge is 0 e. The summed E-state index contributed by atoms with van der Waals surface area (Å²) in [5.74, 6) is 0. The van der Waals surface area contributed by atoms with Crippen molar-refractivity contribution in [1.29, 1.82) is 0 Å². The Morgan fingerprint density at radius 1 is 0.667 bits per heavy atom. The molecule has 0 saturated carbocycles. The zero-order chi connectivity index (χ0) is 9.94. The number of halogens is 1. The van der Waals surface area contributed by atoms with Gasteiger partial charge in [0.25, 0.3) is 0 Å². The van der Waals surface area contributed by atoms with Crippen LogP contribution in [0.25, 0.3) is 0 Å². The predicted octanol–water partition coefficient (Wildman–Crippen LogP) is 6.20. The van der Waals surface area contributed by atoms with Crippen molar-refractivity contribution >= 4 is 33.9 Å². The van der Waals surface area contributed by atoms with Crippen molar-refractivity contribution in [2.75, 3.05) is 0 Å². The number of hydrogen-bond donors (Lipinski definition) is 0. The molecule has 0 nitrogen and oxygen atoms in total. The fraction of sp³-hybridized carbons (Fsp3) is 1.00. The van der Waals surface area contributed by atoms with E-state index in [1.165, 1.54) is 54.5 Å². The van der Waals surface area contributed by atoms with Crippen molar-refractivity contribution in [2.45, 2.75) is 75.3 Å². The van der Waals surface area contributed by atoms with E-state index in [2.05, 4.69) is 20.8 Å². The molecule has 1 atom stereocenters. The van der Waals surface area contributed by atoms with Crippen molar-refractivity contribution in [2.24, 2.45) is 0 Å². The van der Waals surface area contributed by atoms with Crippen molar-refractivity contribution in [3.8, 4) is 0 Å². The van der Waals surface area contributed by atoms with Crippen LogP contribution in [0.4, 0.5) is 0 Å². The Kier molecular flexibility index (Phi) is 26.4. The Balaban J connectivity index is -0.000000720. The topological polar surface area (TPSA) is 0 Å². The maximum Gasteiger partial charge on any atom is 0 e. The molecule has 0 aliphatic heterocycles. The van der Waals surface area contributed by atoms with Gasteiger partial charge in [-0.05, 0) is 0 Å². The number of unbranched alkanes of at least 4 members (excludes halogenated alkanes) is 3. The van der Waals surface area contributed by atoms with Crippen LogP contribution >= 0.6 is 33.9 Å². The Morgan fingerprint density at radius 3 is 1.13 bits per heavy atom. The zero-order valence-electron chi connectivity index (χ0n) is 10.8. The van der Waals surface area contributed by atoms with E-state index in [9.17, 15) is 0 Å². The largest absolute Gasteiger partial charge is 0.153 e. The van der Waals surface area contributed by atoms with E-state index in [0.29, 0.717) is 0 Å². The van der Waals surface area contributed by atoms with E-state index in [4.69, 9.17) is 0 Å². The molecule has 3 heteroatoms. The minimum Gasteiger partial charge on any atom is -0.153 e. The van der Waals surface area contributed by atoms with Crippen LogP contribution in [-0.2, 0) is 13.9 Å². The summed E-state index contributed by atoms with van der Waals surface area (Å²) in [5, 5.41) is 4.51. The zero-order valence-corrected chi connectivity index (χ0v) is 15.3. The van der Waals surface area contributed by atoms with Gasteiger partial charge in [0.2, 0.25) is 0 Å². The summed E-state index contributed by atoms with van der Waals surface area (Å²) in [4.78, 5) is 0. The summed E-state index contributed by atoms with van der Waals surface area (Å²) in [6.07, 6.45) is 8.48. The normalized spacial score (nSPS) is 10.2. The van der Waals surface area contributed by atoms with Gasteiger partial charge in [-0.2, -0.15) is 9.90 Å². The molecule has 1 radical (unpaired) electrons. The van der Waals surface area contributed by atoms with E-state index in [1.54, 1.807) is 0 Å². The second kappa shape index (κ2) is 18.1. The molecule has 0 aromatic heterocycles. The summed E-state index contributed by atoms with van der Waals surface area (Å²) in [6.45, 7) is 6.92. The minimum absolute atomic E-state index is 0. The van der Waals surface area contributed by atoms with Crippen molar-refractivity contribution in [3.05, 3.63) is 0 Å². The molecule has 0 N–H and O–H groups in total. The van der Waals surface area contributed by atoms with Crippen LogP contribution in [0.5, 0.6) is 0 Å². The van der Waals surface area contributed by atoms with Gasteiger partial charge < -0.3 is 0 Å². The summed E-state index contributed by atoms with van der Waals surface area (Å²) < 4.78 is 0. The van der Waals surface area contributed by atoms with Gasteiger partial charge >= 0.3 is 89.2 Å². The van der Waals surface area contributed by atoms with Crippen LogP contribution in [0.2, 0.25) is 16.0 Å². The fourth-order valence-corrected chi connectivity index (χ4v) is 4.12. The van der Waals surface area contributed by atoms with Gasteiger partial charge in [-0.1, -0.05) is 0 Å². The molecule has 1 unspecified atom stereocenters. The SMILES string of the molecule is CCC[CH2][Cu]([CH2]CCC)[CH2]CCC.P.[I]. The quantitative estimate of drug-likeness (QED) is 0.247. The standard InChI is InChI=1S/3C4H9.Cu.I.H3P/c3*1-3-4-2;;;/h3*1,3-4H2,2H3;;;1H3. The summed E-state index contributed by atoms with van der Waals surface area (Å²) in [7, 11) is 0. The molecular formula is C12H30CuIP. The molecule has 0 heterocycles. The van der Waals surface area contributed by atoms with E-state index in [1.807, 2.05) is 0 Å². The Labute approximate surface area is 122 Å². The van der Waals surface area contributed by atoms with Crippen LogP contribution in [0, 0.1) is 0 Å². The molecule has 0 aromatic rings. The Bertz CT molecular complexity index is 82.6. The van der Waals surface area contributed by atoms with Gasteiger partial charge in [0.1, 0.15) is 0 Å². The maximum atomic E-state index is 2.31. The molecular weight excluding hydrogens is 366 g/mol. The molecule has 101 valence electrons. The number of hydrogen-bond acceptors (Lipinski definition) is 0. The Hall–Kier alpha value is 1.68. The van der Waals surface area contributed by atoms with Crippen LogP contribution in [0.3, 0.4) is 0 Å². The minimum atomic E-state index is 0. The third-order valence-electron chi connectivity index (χ3n) is 2.02. The first kappa shape index (κ1) is 21.9. The summed E-state index contributed by atoms with van der Waals surface area (Å²) in [6, 6.07) is 0. The molecule has 0 fully saturated rings. The van der Waals surface area contributed by atoms with E-state index in [-0.39, 0.29) is 33.9 Å². The van der Waals surface area contributed by atoms with Crippen LogP contribution in [0.1, 0.15) is 59.3 Å². The Morgan fingerprint density at radius 2 is 0.933 bits per heavy atom. The molecule has 0 aliphatic rings. The van der Waals surface area contributed by atoms with E-state index in [0.717, 1.165) is 13.9 Å². The first-order valence-corrected chi connectivity index (χ1v) is 7.76. The molecule has 0 amide bonds. The van der Waals surface area contributed by atoms with Gasteiger partial charge in [-0.15, -0.1) is 0 Å². The van der Waals surface area contributed by atoms with Crippen LogP contribution < -0.4 is 0 Å². The monoisotopic (exact) mass is 395 g/mol. The summed E-state index contributed by atoms with van der Waals surface area (Å²) >= 11 is 0.842. The fourth-order valence-electron chi connectivity index (χ4n) is 0.998. The van der Waals surface area contributed by atoms with Crippen molar-refractivity contribution in [1.82, 2.24) is 0 Å². The second-order valence-corrected chi connectivity index (χ2v) is 6.29. The van der Waals surface area contributed by atoms with Crippen LogP contribution in [-0.4, -0.2) is 0 Å². The molecule has 15 heavy (non-hydrogen) atoms. The van der Waals surface area contributed by atoms with Gasteiger partial charge in [0, 0.05) is 24.0 Å². The van der Waals surface area contributed by atoms with Crippen molar-refractivity contribution in [3.63, 3.8) is 0 Å². The average Bonchev–Trinajstić information content (AvgIpc) is 2.17. The summed E-state index contributed by atoms with van der Waals surface area (Å²) in [5.41, 5.74) is 0. The predicted molar refractivity (Wildman–Crippen MR) is 84.3 cm³/mol. The second-order valence-electron chi connectivity index (χ2n) is 3.47. The first-order valence-electron chi connectivity index (χ1n) is 5.76. The van der Waals surface area contributed by atoms with E-state index >= 15 is 0 Å². The van der Waals surface area contributed by atoms with Gasteiger partial charge in [-0.25, -0.2) is 0 Å². The van der Waals surface area contributed by atoms with Crippen LogP contribution in [0.15, 0.2) is 0 Å². The molecule has 0 bridgehead atoms. The third-order valence-corrected chi connectivity index (χ3v) is 5.02. The molecule has 0 saturated heterocycles. The first-order chi connectivity index (χ1) is 6.35. The molecule has 0 spiro atoms. The molecule has 0 rings (SSSR count). The number of rotatable bonds is 9. The van der Waals surface area contributed by atoms with E-state index < -0.39 is 0 Å². The van der Waals surface area contributed by atoms with Gasteiger partial charge in [0.05, 0.1) is 0 Å². The van der Waals surface area contributed by atoms with Crippen molar-refractivity contribution < 1.29 is 13.9 Å². The third kappa shape index (κ3) is 15.7. The molecule has 0 aromatic carbocycles. The molecule has 0 aliphatic carbocycles. The maximum absolute atomic E-state index is 2.31. The van der Waals surface area contributed by atoms with Gasteiger partial charge in [0.15, 0.2) is 0 Å².